The van der Waals surface area contributed by atoms with Gasteiger partial charge in [-0.15, -0.1) is 0 Å². The van der Waals surface area contributed by atoms with Crippen molar-refractivity contribution in [2.75, 3.05) is 0 Å². The van der Waals surface area contributed by atoms with E-state index in [0.717, 1.165) is 6.07 Å². The maximum atomic E-state index is 13.6. The minimum atomic E-state index is -1.22. The lowest BCUT2D eigenvalue weighted by molar-refractivity contribution is 0.496. The van der Waals surface area contributed by atoms with Gasteiger partial charge in [0.25, 0.3) is 0 Å². The van der Waals surface area contributed by atoms with Gasteiger partial charge in [0.1, 0.15) is 16.2 Å². The Morgan fingerprint density at radius 3 is 2.33 bits per heavy atom. The van der Waals surface area contributed by atoms with Crippen molar-refractivity contribution in [1.29, 1.82) is 0 Å². The molecule has 2 aromatic rings. The van der Waals surface area contributed by atoms with E-state index in [2.05, 4.69) is 25.9 Å². The Labute approximate surface area is 110 Å². The molecule has 0 spiro atoms. The van der Waals surface area contributed by atoms with Gasteiger partial charge in [0.15, 0.2) is 11.6 Å². The maximum absolute atomic E-state index is 13.6. The molecule has 1 heterocycles. The van der Waals surface area contributed by atoms with Crippen LogP contribution in [0.2, 0.25) is 0 Å². The first-order chi connectivity index (χ1) is 8.51. The molecule has 1 aromatic carbocycles. The van der Waals surface area contributed by atoms with Gasteiger partial charge in [-0.1, -0.05) is 6.92 Å². The average molecular weight is 317 g/mol. The summed E-state index contributed by atoms with van der Waals surface area (Å²) < 4.78 is 40.0. The molecule has 0 saturated carbocycles. The minimum absolute atomic E-state index is 0.0910. The largest absolute Gasteiger partial charge is 0.233 e. The molecule has 0 unspecified atom stereocenters. The second-order valence-corrected chi connectivity index (χ2v) is 4.40. The van der Waals surface area contributed by atoms with Crippen LogP contribution in [-0.4, -0.2) is 9.97 Å². The molecule has 0 radical (unpaired) electrons. The third-order valence-corrected chi connectivity index (χ3v) is 2.75. The molecule has 0 aliphatic heterocycles. The second kappa shape index (κ2) is 5.06. The number of nitrogens with zero attached hydrogens (tertiary/aromatic N) is 2. The zero-order valence-electron chi connectivity index (χ0n) is 9.35. The number of aryl methyl sites for hydroxylation is 1. The molecule has 94 valence electrons. The highest BCUT2D eigenvalue weighted by molar-refractivity contribution is 9.10. The summed E-state index contributed by atoms with van der Waals surface area (Å²) in [5, 5.41) is 0. The average Bonchev–Trinajstić information content (AvgIpc) is 2.33. The van der Waals surface area contributed by atoms with Crippen LogP contribution >= 0.6 is 15.9 Å². The van der Waals surface area contributed by atoms with Crippen molar-refractivity contribution >= 4 is 15.9 Å². The molecule has 0 amide bonds. The lowest BCUT2D eigenvalue weighted by Gasteiger charge is -2.06. The van der Waals surface area contributed by atoms with Crippen LogP contribution in [0.15, 0.2) is 22.8 Å². The number of benzene rings is 1. The molecule has 0 atom stereocenters. The van der Waals surface area contributed by atoms with Gasteiger partial charge in [0.2, 0.25) is 0 Å². The summed E-state index contributed by atoms with van der Waals surface area (Å²) in [6.45, 7) is 1.84. The Bertz CT molecular complexity index is 602. The van der Waals surface area contributed by atoms with Gasteiger partial charge in [-0.3, -0.25) is 0 Å². The van der Waals surface area contributed by atoms with Crippen molar-refractivity contribution in [2.45, 2.75) is 13.3 Å². The molecular formula is C12H8BrF3N2. The number of halogens is 4. The van der Waals surface area contributed by atoms with Gasteiger partial charge < -0.3 is 0 Å². The standard InChI is InChI=1S/C12H8BrF3N2/c1-2-12-17-10(5-11(13)18-12)6-3-8(15)9(16)4-7(6)14/h3-5H,2H2,1H3. The fourth-order valence-electron chi connectivity index (χ4n) is 1.48. The Hall–Kier alpha value is -1.43. The van der Waals surface area contributed by atoms with E-state index in [4.69, 9.17) is 0 Å². The summed E-state index contributed by atoms with van der Waals surface area (Å²) >= 11 is 3.17. The van der Waals surface area contributed by atoms with Crippen LogP contribution in [0.4, 0.5) is 13.2 Å². The van der Waals surface area contributed by atoms with E-state index in [1.165, 1.54) is 6.07 Å². The van der Waals surface area contributed by atoms with E-state index < -0.39 is 17.5 Å². The number of hydrogen-bond donors (Lipinski definition) is 0. The molecule has 0 aliphatic carbocycles. The highest BCUT2D eigenvalue weighted by Gasteiger charge is 2.14. The third-order valence-electron chi connectivity index (χ3n) is 2.34. The first-order valence-corrected chi connectivity index (χ1v) is 5.99. The summed E-state index contributed by atoms with van der Waals surface area (Å²) in [5.41, 5.74) is 0.122. The molecular weight excluding hydrogens is 309 g/mol. The molecule has 0 bridgehead atoms. The lowest BCUT2D eigenvalue weighted by atomic mass is 10.1. The van der Waals surface area contributed by atoms with Crippen LogP contribution in [0.1, 0.15) is 12.7 Å². The molecule has 0 fully saturated rings. The van der Waals surface area contributed by atoms with Crippen LogP contribution in [0.25, 0.3) is 11.3 Å². The van der Waals surface area contributed by atoms with Crippen LogP contribution in [-0.2, 0) is 6.42 Å². The van der Waals surface area contributed by atoms with Crippen LogP contribution in [0.5, 0.6) is 0 Å². The first-order valence-electron chi connectivity index (χ1n) is 5.19. The second-order valence-electron chi connectivity index (χ2n) is 3.59. The van der Waals surface area contributed by atoms with E-state index in [1.807, 2.05) is 6.92 Å². The summed E-state index contributed by atoms with van der Waals surface area (Å²) in [6, 6.07) is 2.75. The fourth-order valence-corrected chi connectivity index (χ4v) is 1.90. The summed E-state index contributed by atoms with van der Waals surface area (Å²) in [4.78, 5) is 8.15. The van der Waals surface area contributed by atoms with Crippen LogP contribution < -0.4 is 0 Å². The zero-order chi connectivity index (χ0) is 13.3. The predicted molar refractivity (Wildman–Crippen MR) is 64.4 cm³/mol. The van der Waals surface area contributed by atoms with E-state index in [-0.39, 0.29) is 11.3 Å². The van der Waals surface area contributed by atoms with Crippen molar-refractivity contribution in [3.8, 4) is 11.3 Å². The molecule has 6 heteroatoms. The lowest BCUT2D eigenvalue weighted by Crippen LogP contribution is -1.98. The topological polar surface area (TPSA) is 25.8 Å². The minimum Gasteiger partial charge on any atom is -0.233 e. The third kappa shape index (κ3) is 2.53. The summed E-state index contributed by atoms with van der Waals surface area (Å²) in [5.74, 6) is -2.70. The predicted octanol–water partition coefficient (Wildman–Crippen LogP) is 3.89. The zero-order valence-corrected chi connectivity index (χ0v) is 10.9. The van der Waals surface area contributed by atoms with Crippen molar-refractivity contribution in [3.63, 3.8) is 0 Å². The highest BCUT2D eigenvalue weighted by atomic mass is 79.9. The number of aromatic nitrogens is 2. The Kier molecular flexibility index (Phi) is 3.65. The van der Waals surface area contributed by atoms with Crippen molar-refractivity contribution in [2.24, 2.45) is 0 Å². The molecule has 0 aliphatic rings. The van der Waals surface area contributed by atoms with E-state index in [1.54, 1.807) is 0 Å². The van der Waals surface area contributed by atoms with Gasteiger partial charge in [-0.05, 0) is 28.1 Å². The smallest absolute Gasteiger partial charge is 0.161 e. The quantitative estimate of drug-likeness (QED) is 0.620. The van der Waals surface area contributed by atoms with E-state index in [9.17, 15) is 13.2 Å². The summed E-state index contributed by atoms with van der Waals surface area (Å²) in [6.07, 6.45) is 0.553. The Morgan fingerprint density at radius 1 is 1.00 bits per heavy atom. The van der Waals surface area contributed by atoms with Gasteiger partial charge in [0.05, 0.1) is 5.69 Å². The van der Waals surface area contributed by atoms with E-state index in [0.29, 0.717) is 22.9 Å². The monoisotopic (exact) mass is 316 g/mol. The van der Waals surface area contributed by atoms with Crippen molar-refractivity contribution < 1.29 is 13.2 Å². The molecule has 2 nitrogen and oxygen atoms in total. The van der Waals surface area contributed by atoms with Gasteiger partial charge >= 0.3 is 0 Å². The van der Waals surface area contributed by atoms with Crippen LogP contribution in [0, 0.1) is 17.5 Å². The molecule has 2 rings (SSSR count). The molecule has 18 heavy (non-hydrogen) atoms. The van der Waals surface area contributed by atoms with Gasteiger partial charge in [-0.25, -0.2) is 23.1 Å². The molecule has 0 saturated heterocycles. The number of hydrogen-bond acceptors (Lipinski definition) is 2. The van der Waals surface area contributed by atoms with Crippen molar-refractivity contribution in [1.82, 2.24) is 9.97 Å². The fraction of sp³-hybridized carbons (Fsp3) is 0.167. The summed E-state index contributed by atoms with van der Waals surface area (Å²) in [7, 11) is 0. The highest BCUT2D eigenvalue weighted by Crippen LogP contribution is 2.25. The SMILES string of the molecule is CCc1nc(Br)cc(-c2cc(F)c(F)cc2F)n1. The van der Waals surface area contributed by atoms with Gasteiger partial charge in [0, 0.05) is 18.1 Å². The van der Waals surface area contributed by atoms with Crippen molar-refractivity contribution in [3.05, 3.63) is 46.1 Å². The molecule has 1 aromatic heterocycles. The Morgan fingerprint density at radius 2 is 1.67 bits per heavy atom. The van der Waals surface area contributed by atoms with E-state index >= 15 is 0 Å². The normalized spacial score (nSPS) is 10.7. The Balaban J connectivity index is 2.61. The molecule has 0 N–H and O–H groups in total. The number of rotatable bonds is 2. The van der Waals surface area contributed by atoms with Gasteiger partial charge in [-0.2, -0.15) is 0 Å². The maximum Gasteiger partial charge on any atom is 0.161 e. The van der Waals surface area contributed by atoms with Crippen LogP contribution in [0.3, 0.4) is 0 Å². The first kappa shape index (κ1) is 13.0.